The van der Waals surface area contributed by atoms with Crippen LogP contribution in [0.25, 0.3) is 0 Å². The van der Waals surface area contributed by atoms with Crippen molar-refractivity contribution < 1.29 is 24.6 Å². The molecule has 8 nitrogen and oxygen atoms in total. The largest absolute Gasteiger partial charge is 0.480 e. The number of carbonyl (C=O) groups excluding carboxylic acids is 2. The Morgan fingerprint density at radius 2 is 2.00 bits per heavy atom. The van der Waals surface area contributed by atoms with Crippen LogP contribution in [0.15, 0.2) is 0 Å². The number of primary amides is 1. The lowest BCUT2D eigenvalue weighted by molar-refractivity contribution is -0.138. The van der Waals surface area contributed by atoms with E-state index in [0.29, 0.717) is 19.5 Å². The predicted molar refractivity (Wildman–Crippen MR) is 69.8 cm³/mol. The first-order valence-corrected chi connectivity index (χ1v) is 6.58. The third kappa shape index (κ3) is 5.04. The molecule has 0 saturated carbocycles. The zero-order valence-corrected chi connectivity index (χ0v) is 11.3. The number of aliphatic carboxylic acids is 1. The Hall–Kier alpha value is -1.83. The van der Waals surface area contributed by atoms with Gasteiger partial charge in [0.2, 0.25) is 5.91 Å². The molecule has 1 saturated heterocycles. The van der Waals surface area contributed by atoms with Gasteiger partial charge in [-0.1, -0.05) is 0 Å². The van der Waals surface area contributed by atoms with Gasteiger partial charge in [-0.3, -0.25) is 9.59 Å². The van der Waals surface area contributed by atoms with Crippen molar-refractivity contribution in [3.05, 3.63) is 0 Å². The maximum atomic E-state index is 12.2. The summed E-state index contributed by atoms with van der Waals surface area (Å²) in [5.74, 6) is -1.73. The number of rotatable bonds is 6. The molecule has 1 aliphatic heterocycles. The van der Waals surface area contributed by atoms with Crippen molar-refractivity contribution in [1.82, 2.24) is 9.80 Å². The summed E-state index contributed by atoms with van der Waals surface area (Å²) in [6, 6.07) is -0.492. The minimum absolute atomic E-state index is 0.0623. The van der Waals surface area contributed by atoms with E-state index in [-0.39, 0.29) is 12.5 Å². The van der Waals surface area contributed by atoms with Crippen molar-refractivity contribution >= 4 is 17.9 Å². The van der Waals surface area contributed by atoms with E-state index in [1.54, 1.807) is 0 Å². The van der Waals surface area contributed by atoms with E-state index in [1.165, 1.54) is 4.90 Å². The van der Waals surface area contributed by atoms with Gasteiger partial charge in [-0.15, -0.1) is 0 Å². The fourth-order valence-corrected chi connectivity index (χ4v) is 2.40. The van der Waals surface area contributed by atoms with Gasteiger partial charge in [-0.25, -0.2) is 4.79 Å². The quantitative estimate of drug-likeness (QED) is 0.582. The molecule has 8 heteroatoms. The van der Waals surface area contributed by atoms with Crippen molar-refractivity contribution in [2.24, 2.45) is 11.7 Å². The van der Waals surface area contributed by atoms with Gasteiger partial charge in [0.05, 0.1) is 0 Å². The van der Waals surface area contributed by atoms with E-state index in [0.717, 1.165) is 17.7 Å². The Balaban J connectivity index is 2.67. The van der Waals surface area contributed by atoms with Gasteiger partial charge in [0.15, 0.2) is 0 Å². The molecule has 1 heterocycles. The summed E-state index contributed by atoms with van der Waals surface area (Å²) in [4.78, 5) is 36.4. The molecular weight excluding hydrogens is 266 g/mol. The molecule has 0 bridgehead atoms. The van der Waals surface area contributed by atoms with Gasteiger partial charge in [0.1, 0.15) is 13.1 Å². The number of carbonyl (C=O) groups is 3. The van der Waals surface area contributed by atoms with Gasteiger partial charge < -0.3 is 25.7 Å². The van der Waals surface area contributed by atoms with Crippen molar-refractivity contribution in [2.45, 2.75) is 19.3 Å². The van der Waals surface area contributed by atoms with Gasteiger partial charge in [-0.05, 0) is 25.2 Å². The summed E-state index contributed by atoms with van der Waals surface area (Å²) in [6.45, 7) is 0.0893. The average molecular weight is 287 g/mol. The summed E-state index contributed by atoms with van der Waals surface area (Å²) in [5.41, 5.74) is 5.03. The number of carboxylic acid groups (broad SMARTS) is 1. The number of aliphatic hydroxyl groups excluding tert-OH is 1. The highest BCUT2D eigenvalue weighted by molar-refractivity contribution is 5.86. The number of hydrogen-bond donors (Lipinski definition) is 3. The monoisotopic (exact) mass is 287 g/mol. The van der Waals surface area contributed by atoms with Crippen molar-refractivity contribution in [3.8, 4) is 0 Å². The SMILES string of the molecule is NC(=O)CN(CC(=O)O)C(=O)N1CCCC(CCO)C1. The molecule has 4 N–H and O–H groups in total. The molecular formula is C12H21N3O5. The molecule has 0 aromatic carbocycles. The summed E-state index contributed by atoms with van der Waals surface area (Å²) in [5, 5.41) is 17.7. The molecule has 1 rings (SSSR count). The molecule has 1 fully saturated rings. The van der Waals surface area contributed by atoms with Crippen LogP contribution in [-0.4, -0.2) is 70.7 Å². The molecule has 0 spiro atoms. The number of nitrogens with two attached hydrogens (primary N) is 1. The van der Waals surface area contributed by atoms with Crippen LogP contribution in [-0.2, 0) is 9.59 Å². The van der Waals surface area contributed by atoms with Crippen LogP contribution in [0.1, 0.15) is 19.3 Å². The molecule has 1 aliphatic rings. The second kappa shape index (κ2) is 7.68. The summed E-state index contributed by atoms with van der Waals surface area (Å²) < 4.78 is 0. The van der Waals surface area contributed by atoms with Crippen LogP contribution >= 0.6 is 0 Å². The lowest BCUT2D eigenvalue weighted by Gasteiger charge is -2.35. The Morgan fingerprint density at radius 1 is 1.30 bits per heavy atom. The van der Waals surface area contributed by atoms with Gasteiger partial charge in [0.25, 0.3) is 0 Å². The lowest BCUT2D eigenvalue weighted by atomic mass is 9.95. The summed E-state index contributed by atoms with van der Waals surface area (Å²) in [7, 11) is 0. The molecule has 0 radical (unpaired) electrons. The Labute approximate surface area is 117 Å². The molecule has 0 aromatic heterocycles. The second-order valence-electron chi connectivity index (χ2n) is 4.97. The second-order valence-corrected chi connectivity index (χ2v) is 4.97. The minimum atomic E-state index is -1.19. The normalized spacial score (nSPS) is 18.6. The van der Waals surface area contributed by atoms with Crippen molar-refractivity contribution in [2.75, 3.05) is 32.8 Å². The van der Waals surface area contributed by atoms with E-state index in [4.69, 9.17) is 15.9 Å². The van der Waals surface area contributed by atoms with Gasteiger partial charge >= 0.3 is 12.0 Å². The maximum absolute atomic E-state index is 12.2. The highest BCUT2D eigenvalue weighted by atomic mass is 16.4. The molecule has 3 amide bonds. The van der Waals surface area contributed by atoms with E-state index >= 15 is 0 Å². The smallest absolute Gasteiger partial charge is 0.323 e. The number of amides is 3. The maximum Gasteiger partial charge on any atom is 0.323 e. The molecule has 20 heavy (non-hydrogen) atoms. The highest BCUT2D eigenvalue weighted by Crippen LogP contribution is 2.20. The molecule has 1 atom stereocenters. The zero-order chi connectivity index (χ0) is 15.1. The zero-order valence-electron chi connectivity index (χ0n) is 11.3. The number of piperidine rings is 1. The predicted octanol–water partition coefficient (Wildman–Crippen LogP) is -0.927. The number of aliphatic hydroxyl groups is 1. The van der Waals surface area contributed by atoms with Crippen molar-refractivity contribution in [3.63, 3.8) is 0 Å². The fraction of sp³-hybridized carbons (Fsp3) is 0.750. The minimum Gasteiger partial charge on any atom is -0.480 e. The number of urea groups is 1. The first-order valence-electron chi connectivity index (χ1n) is 6.58. The highest BCUT2D eigenvalue weighted by Gasteiger charge is 2.28. The van der Waals surface area contributed by atoms with E-state index in [9.17, 15) is 14.4 Å². The summed E-state index contributed by atoms with van der Waals surface area (Å²) in [6.07, 6.45) is 2.34. The average Bonchev–Trinajstić information content (AvgIpc) is 2.37. The molecule has 1 unspecified atom stereocenters. The Kier molecular flexibility index (Phi) is 6.23. The first kappa shape index (κ1) is 16.2. The topological polar surface area (TPSA) is 124 Å². The molecule has 114 valence electrons. The molecule has 0 aromatic rings. The van der Waals surface area contributed by atoms with Crippen molar-refractivity contribution in [1.29, 1.82) is 0 Å². The van der Waals surface area contributed by atoms with E-state index in [2.05, 4.69) is 0 Å². The van der Waals surface area contributed by atoms with E-state index in [1.807, 2.05) is 0 Å². The number of nitrogens with zero attached hydrogens (tertiary/aromatic N) is 2. The Morgan fingerprint density at radius 3 is 2.55 bits per heavy atom. The van der Waals surface area contributed by atoms with Crippen LogP contribution in [0.5, 0.6) is 0 Å². The first-order chi connectivity index (χ1) is 9.43. The van der Waals surface area contributed by atoms with Crippen LogP contribution < -0.4 is 5.73 Å². The Bertz CT molecular complexity index is 356. The molecule has 0 aliphatic carbocycles. The van der Waals surface area contributed by atoms with Gasteiger partial charge in [0, 0.05) is 19.7 Å². The summed E-state index contributed by atoms with van der Waals surface area (Å²) >= 11 is 0. The fourth-order valence-electron chi connectivity index (χ4n) is 2.40. The number of likely N-dealkylation sites (tertiary alicyclic amines) is 1. The van der Waals surface area contributed by atoms with Gasteiger partial charge in [-0.2, -0.15) is 0 Å². The van der Waals surface area contributed by atoms with Crippen LogP contribution in [0.4, 0.5) is 4.79 Å². The third-order valence-corrected chi connectivity index (χ3v) is 3.27. The van der Waals surface area contributed by atoms with Crippen LogP contribution in [0.3, 0.4) is 0 Å². The number of hydrogen-bond acceptors (Lipinski definition) is 4. The third-order valence-electron chi connectivity index (χ3n) is 3.27. The number of carboxylic acids is 1. The van der Waals surface area contributed by atoms with Crippen LogP contribution in [0.2, 0.25) is 0 Å². The van der Waals surface area contributed by atoms with Crippen LogP contribution in [0, 0.1) is 5.92 Å². The standard InChI is InChI=1S/C12H21N3O5/c13-10(17)7-15(8-11(18)19)12(20)14-4-1-2-9(6-14)3-5-16/h9,16H,1-8H2,(H2,13,17)(H,18,19). The lowest BCUT2D eigenvalue weighted by Crippen LogP contribution is -2.51. The van der Waals surface area contributed by atoms with E-state index < -0.39 is 31.0 Å².